The molecule has 8 nitrogen and oxygen atoms in total. The molecule has 31 heavy (non-hydrogen) atoms. The molecule has 3 aliphatic rings. The highest BCUT2D eigenvalue weighted by atomic mass is 16.6. The molecule has 1 spiro atoms. The second-order valence-electron chi connectivity index (χ2n) is 9.29. The van der Waals surface area contributed by atoms with Crippen LogP contribution in [0, 0.1) is 11.8 Å². The lowest BCUT2D eigenvalue weighted by Gasteiger charge is -2.33. The number of nitrogens with one attached hydrogen (secondary N) is 1. The minimum atomic E-state index is -0.968. The van der Waals surface area contributed by atoms with Gasteiger partial charge in [0.1, 0.15) is 17.6 Å². The molecular weight excluding hydrogens is 400 g/mol. The molecule has 3 rings (SSSR count). The van der Waals surface area contributed by atoms with E-state index >= 15 is 0 Å². The maximum absolute atomic E-state index is 13.6. The van der Waals surface area contributed by atoms with Crippen LogP contribution in [0.4, 0.5) is 0 Å². The van der Waals surface area contributed by atoms with Gasteiger partial charge >= 0.3 is 5.97 Å². The van der Waals surface area contributed by atoms with Gasteiger partial charge in [0.05, 0.1) is 18.1 Å². The predicted octanol–water partition coefficient (Wildman–Crippen LogP) is 1.78. The number of likely N-dealkylation sites (tertiary alicyclic amines) is 1. The molecule has 0 aromatic carbocycles. The predicted molar refractivity (Wildman–Crippen MR) is 114 cm³/mol. The lowest BCUT2D eigenvalue weighted by atomic mass is 9.66. The first-order valence-electron chi connectivity index (χ1n) is 11.9. The van der Waals surface area contributed by atoms with Gasteiger partial charge in [-0.05, 0) is 46.0 Å². The van der Waals surface area contributed by atoms with Gasteiger partial charge in [-0.25, -0.2) is 0 Å². The van der Waals surface area contributed by atoms with Crippen LogP contribution in [0.25, 0.3) is 0 Å². The highest BCUT2D eigenvalue weighted by Gasteiger charge is 2.78. The number of hydrogen-bond donors (Lipinski definition) is 2. The van der Waals surface area contributed by atoms with Gasteiger partial charge in [0.15, 0.2) is 0 Å². The van der Waals surface area contributed by atoms with Crippen molar-refractivity contribution in [3.8, 4) is 0 Å². The lowest BCUT2D eigenvalue weighted by molar-refractivity contribution is -0.159. The van der Waals surface area contributed by atoms with E-state index in [1.165, 1.54) is 0 Å². The van der Waals surface area contributed by atoms with E-state index in [4.69, 9.17) is 14.6 Å². The molecule has 2 N–H and O–H groups in total. The summed E-state index contributed by atoms with van der Waals surface area (Å²) < 4.78 is 11.8. The third-order valence-electron chi connectivity index (χ3n) is 7.20. The van der Waals surface area contributed by atoms with E-state index in [0.29, 0.717) is 25.9 Å². The van der Waals surface area contributed by atoms with Gasteiger partial charge in [0, 0.05) is 19.7 Å². The zero-order valence-electron chi connectivity index (χ0n) is 19.2. The monoisotopic (exact) mass is 438 g/mol. The fourth-order valence-electron chi connectivity index (χ4n) is 5.79. The highest BCUT2D eigenvalue weighted by Crippen LogP contribution is 2.63. The number of fused-ring (bicyclic) bond motifs is 1. The van der Waals surface area contributed by atoms with Gasteiger partial charge < -0.3 is 24.8 Å². The summed E-state index contributed by atoms with van der Waals surface area (Å²) in [6.45, 7) is 7.10. The van der Waals surface area contributed by atoms with Crippen molar-refractivity contribution in [2.75, 3.05) is 26.3 Å². The Kier molecular flexibility index (Phi) is 7.63. The number of amides is 2. The normalized spacial score (nSPS) is 33.6. The van der Waals surface area contributed by atoms with Gasteiger partial charge in [0.2, 0.25) is 11.8 Å². The van der Waals surface area contributed by atoms with E-state index in [-0.39, 0.29) is 25.0 Å². The molecule has 0 aromatic heterocycles. The van der Waals surface area contributed by atoms with Crippen LogP contribution in [-0.2, 0) is 23.9 Å². The van der Waals surface area contributed by atoms with Crippen molar-refractivity contribution < 1.29 is 29.0 Å². The van der Waals surface area contributed by atoms with E-state index in [1.807, 2.05) is 6.92 Å². The molecule has 2 bridgehead atoms. The van der Waals surface area contributed by atoms with Crippen molar-refractivity contribution in [2.45, 2.75) is 89.4 Å². The van der Waals surface area contributed by atoms with Crippen molar-refractivity contribution >= 4 is 17.8 Å². The smallest absolute Gasteiger partial charge is 0.312 e. The van der Waals surface area contributed by atoms with E-state index in [9.17, 15) is 14.4 Å². The number of rotatable bonds is 12. The average Bonchev–Trinajstić information content (AvgIpc) is 3.29. The summed E-state index contributed by atoms with van der Waals surface area (Å²) in [5.74, 6) is -2.11. The first-order chi connectivity index (χ1) is 14.9. The number of carbonyl (C=O) groups excluding carboxylic acids is 3. The molecule has 0 saturated carbocycles. The fraction of sp³-hybridized carbons (Fsp3) is 0.870. The maximum Gasteiger partial charge on any atom is 0.312 e. The number of unbranched alkanes of at least 4 members (excludes halogenated alkanes) is 4. The van der Waals surface area contributed by atoms with Crippen molar-refractivity contribution in [3.63, 3.8) is 0 Å². The van der Waals surface area contributed by atoms with Crippen LogP contribution in [0.1, 0.15) is 72.1 Å². The van der Waals surface area contributed by atoms with Crippen LogP contribution in [0.3, 0.4) is 0 Å². The Morgan fingerprint density at radius 2 is 1.94 bits per heavy atom. The molecule has 3 fully saturated rings. The van der Waals surface area contributed by atoms with Crippen LogP contribution >= 0.6 is 0 Å². The summed E-state index contributed by atoms with van der Waals surface area (Å²) in [6, 6.07) is -0.721. The number of ether oxygens (including phenoxy) is 2. The Bertz CT molecular complexity index is 685. The summed E-state index contributed by atoms with van der Waals surface area (Å²) in [5.41, 5.74) is -1.74. The van der Waals surface area contributed by atoms with Crippen LogP contribution in [0.15, 0.2) is 0 Å². The zero-order valence-corrected chi connectivity index (χ0v) is 19.2. The van der Waals surface area contributed by atoms with Gasteiger partial charge in [-0.2, -0.15) is 0 Å². The first kappa shape index (κ1) is 24.0. The molecule has 5 atom stereocenters. The van der Waals surface area contributed by atoms with Crippen molar-refractivity contribution in [2.24, 2.45) is 11.8 Å². The Labute approximate surface area is 185 Å². The quantitative estimate of drug-likeness (QED) is 0.355. The number of aliphatic hydroxyl groups excluding tert-OH is 1. The maximum atomic E-state index is 13.6. The molecule has 8 heteroatoms. The standard InChI is InChI=1S/C23H38N2O6/c1-4-6-13-24-19(27)18-23-12-11-22(3,31-23)17(21(29)30-5-2)16(23)20(28)25(18)14-9-7-8-10-15-26/h16-18,26H,4-15H2,1-3H3,(H,24,27)/t16-,17+,18?,22-,23?/m0/s1. The number of esters is 1. The Balaban J connectivity index is 1.86. The second-order valence-corrected chi connectivity index (χ2v) is 9.29. The summed E-state index contributed by atoms with van der Waals surface area (Å²) in [5, 5.41) is 12.0. The zero-order chi connectivity index (χ0) is 22.6. The topological polar surface area (TPSA) is 105 Å². The minimum Gasteiger partial charge on any atom is -0.466 e. The van der Waals surface area contributed by atoms with E-state index in [0.717, 1.165) is 38.5 Å². The number of aliphatic hydroxyl groups is 1. The third-order valence-corrected chi connectivity index (χ3v) is 7.20. The molecule has 176 valence electrons. The average molecular weight is 439 g/mol. The van der Waals surface area contributed by atoms with Crippen molar-refractivity contribution in [1.29, 1.82) is 0 Å². The van der Waals surface area contributed by atoms with Crippen LogP contribution in [0.2, 0.25) is 0 Å². The summed E-state index contributed by atoms with van der Waals surface area (Å²) in [6.07, 6.45) is 6.26. The fourth-order valence-corrected chi connectivity index (χ4v) is 5.79. The molecular formula is C23H38N2O6. The number of hydrogen-bond acceptors (Lipinski definition) is 6. The van der Waals surface area contributed by atoms with Crippen molar-refractivity contribution in [3.05, 3.63) is 0 Å². The second kappa shape index (κ2) is 9.86. The Hall–Kier alpha value is -1.67. The van der Waals surface area contributed by atoms with E-state index in [1.54, 1.807) is 11.8 Å². The van der Waals surface area contributed by atoms with Crippen LogP contribution in [0.5, 0.6) is 0 Å². The number of carbonyl (C=O) groups is 3. The van der Waals surface area contributed by atoms with Gasteiger partial charge in [-0.1, -0.05) is 26.2 Å². The summed E-state index contributed by atoms with van der Waals surface area (Å²) in [4.78, 5) is 41.4. The molecule has 3 saturated heterocycles. The molecule has 0 aromatic rings. The molecule has 3 heterocycles. The molecule has 2 amide bonds. The summed E-state index contributed by atoms with van der Waals surface area (Å²) in [7, 11) is 0. The first-order valence-corrected chi connectivity index (χ1v) is 11.9. The molecule has 0 radical (unpaired) electrons. The Morgan fingerprint density at radius 3 is 2.61 bits per heavy atom. The molecule has 3 aliphatic heterocycles. The van der Waals surface area contributed by atoms with Crippen LogP contribution < -0.4 is 5.32 Å². The molecule has 0 aliphatic carbocycles. The minimum absolute atomic E-state index is 0.157. The van der Waals surface area contributed by atoms with Gasteiger partial charge in [-0.15, -0.1) is 0 Å². The van der Waals surface area contributed by atoms with Gasteiger partial charge in [-0.3, -0.25) is 14.4 Å². The lowest BCUT2D eigenvalue weighted by Crippen LogP contribution is -2.55. The van der Waals surface area contributed by atoms with Crippen molar-refractivity contribution in [1.82, 2.24) is 10.2 Å². The molecule has 2 unspecified atom stereocenters. The van der Waals surface area contributed by atoms with E-state index in [2.05, 4.69) is 12.2 Å². The summed E-state index contributed by atoms with van der Waals surface area (Å²) >= 11 is 0. The van der Waals surface area contributed by atoms with E-state index < -0.39 is 35.0 Å². The van der Waals surface area contributed by atoms with Gasteiger partial charge in [0.25, 0.3) is 0 Å². The largest absolute Gasteiger partial charge is 0.466 e. The Morgan fingerprint density at radius 1 is 1.19 bits per heavy atom. The number of nitrogens with zero attached hydrogens (tertiary/aromatic N) is 1. The van der Waals surface area contributed by atoms with Crippen LogP contribution in [-0.4, -0.2) is 71.3 Å². The highest BCUT2D eigenvalue weighted by molar-refractivity contribution is 5.98. The SMILES string of the molecule is CCCCNC(=O)C1N(CCCCCCO)C(=O)[C@@H]2[C@H](C(=O)OCC)[C@]3(C)CCC12O3. The third kappa shape index (κ3) is 4.21.